The minimum Gasteiger partial charge on any atom is -0.489 e. The molecule has 2 aliphatic rings. The Hall–Kier alpha value is -3.06. The lowest BCUT2D eigenvalue weighted by Crippen LogP contribution is -2.43. The Morgan fingerprint density at radius 2 is 1.95 bits per heavy atom. The third-order valence-corrected chi connectivity index (χ3v) is 9.02. The summed E-state index contributed by atoms with van der Waals surface area (Å²) in [5.74, 6) is -1.12. The molecule has 38 heavy (non-hydrogen) atoms. The lowest BCUT2D eigenvalue weighted by Gasteiger charge is -2.36. The molecular weight excluding hydrogens is 526 g/mol. The van der Waals surface area contributed by atoms with Crippen molar-refractivity contribution in [2.24, 2.45) is 0 Å². The van der Waals surface area contributed by atoms with Crippen molar-refractivity contribution >= 4 is 39.4 Å². The van der Waals surface area contributed by atoms with Gasteiger partial charge >= 0.3 is 5.97 Å². The number of piperidine rings is 1. The molecule has 0 amide bonds. The second-order valence-electron chi connectivity index (χ2n) is 9.61. The van der Waals surface area contributed by atoms with E-state index in [1.807, 2.05) is 6.07 Å². The zero-order valence-electron chi connectivity index (χ0n) is 21.5. The average molecular weight is 558 g/mol. The van der Waals surface area contributed by atoms with Gasteiger partial charge in [0, 0.05) is 12.1 Å². The first-order valence-corrected chi connectivity index (χ1v) is 14.7. The van der Waals surface area contributed by atoms with Gasteiger partial charge in [0.25, 0.3) is 0 Å². The van der Waals surface area contributed by atoms with Crippen molar-refractivity contribution < 1.29 is 22.7 Å². The molecule has 2 unspecified atom stereocenters. The van der Waals surface area contributed by atoms with Crippen molar-refractivity contribution in [3.8, 4) is 11.8 Å². The van der Waals surface area contributed by atoms with E-state index >= 15 is 0 Å². The number of anilines is 1. The third kappa shape index (κ3) is 6.68. The average Bonchev–Trinajstić information content (AvgIpc) is 3.08. The molecule has 0 radical (unpaired) electrons. The van der Waals surface area contributed by atoms with Crippen LogP contribution in [0.4, 0.5) is 5.69 Å². The van der Waals surface area contributed by atoms with Gasteiger partial charge < -0.3 is 14.4 Å². The smallest absolute Gasteiger partial charge is 0.323 e. The molecule has 0 spiro atoms. The molecule has 2 atom stereocenters. The minimum absolute atomic E-state index is 0.0482. The van der Waals surface area contributed by atoms with Gasteiger partial charge in [-0.2, -0.15) is 5.26 Å². The van der Waals surface area contributed by atoms with Crippen molar-refractivity contribution in [1.29, 1.82) is 5.26 Å². The SMILES string of the molecule is CCOC(=O)CS(=O)(=O)N(C/C=C/c1cccc(C#N)c1)c1ccc(OC2CC3CCC(C2)N3C)c(Cl)c1. The summed E-state index contributed by atoms with van der Waals surface area (Å²) in [6.07, 6.45) is 7.66. The summed E-state index contributed by atoms with van der Waals surface area (Å²) < 4.78 is 38.8. The van der Waals surface area contributed by atoms with Crippen molar-refractivity contribution in [2.45, 2.75) is 50.8 Å². The van der Waals surface area contributed by atoms with E-state index in [1.54, 1.807) is 55.5 Å². The highest BCUT2D eigenvalue weighted by molar-refractivity contribution is 7.93. The molecule has 8 nitrogen and oxygen atoms in total. The van der Waals surface area contributed by atoms with Crippen LogP contribution >= 0.6 is 11.6 Å². The van der Waals surface area contributed by atoms with Gasteiger partial charge in [-0.1, -0.05) is 35.9 Å². The monoisotopic (exact) mass is 557 g/mol. The number of carbonyl (C=O) groups excluding carboxylic acids is 1. The lowest BCUT2D eigenvalue weighted by molar-refractivity contribution is -0.139. The quantitative estimate of drug-likeness (QED) is 0.393. The number of nitrogens with zero attached hydrogens (tertiary/aromatic N) is 3. The van der Waals surface area contributed by atoms with Gasteiger partial charge in [0.15, 0.2) is 5.75 Å². The van der Waals surface area contributed by atoms with E-state index in [9.17, 15) is 13.2 Å². The minimum atomic E-state index is -4.08. The molecule has 2 saturated heterocycles. The molecule has 0 N–H and O–H groups in total. The Morgan fingerprint density at radius 3 is 2.61 bits per heavy atom. The molecule has 0 saturated carbocycles. The van der Waals surface area contributed by atoms with Gasteiger partial charge in [-0.15, -0.1) is 0 Å². The maximum absolute atomic E-state index is 13.3. The number of nitriles is 1. The van der Waals surface area contributed by atoms with E-state index < -0.39 is 21.7 Å². The van der Waals surface area contributed by atoms with Crippen molar-refractivity contribution in [1.82, 2.24) is 4.90 Å². The molecule has 2 aromatic carbocycles. The molecule has 10 heteroatoms. The maximum Gasteiger partial charge on any atom is 0.323 e. The number of ether oxygens (including phenoxy) is 2. The predicted octanol–water partition coefficient (Wildman–Crippen LogP) is 4.63. The number of esters is 1. The molecule has 202 valence electrons. The summed E-state index contributed by atoms with van der Waals surface area (Å²) in [5, 5.41) is 9.42. The molecule has 4 rings (SSSR count). The molecule has 2 fully saturated rings. The Morgan fingerprint density at radius 1 is 1.21 bits per heavy atom. The van der Waals surface area contributed by atoms with Crippen LogP contribution in [0, 0.1) is 11.3 Å². The number of sulfonamides is 1. The Balaban J connectivity index is 1.54. The summed E-state index contributed by atoms with van der Waals surface area (Å²) >= 11 is 6.58. The van der Waals surface area contributed by atoms with E-state index in [2.05, 4.69) is 18.0 Å². The van der Waals surface area contributed by atoms with Crippen LogP contribution in [-0.2, 0) is 19.6 Å². The van der Waals surface area contributed by atoms with Crippen LogP contribution < -0.4 is 9.04 Å². The topological polar surface area (TPSA) is 99.9 Å². The highest BCUT2D eigenvalue weighted by Crippen LogP contribution is 2.38. The fraction of sp³-hybridized carbons (Fsp3) is 0.429. The van der Waals surface area contributed by atoms with Gasteiger partial charge in [-0.05, 0) is 75.5 Å². The number of hydrogen-bond donors (Lipinski definition) is 0. The van der Waals surface area contributed by atoms with Crippen molar-refractivity contribution in [3.63, 3.8) is 0 Å². The van der Waals surface area contributed by atoms with Gasteiger partial charge in [0.2, 0.25) is 10.0 Å². The van der Waals surface area contributed by atoms with Crippen LogP contribution in [-0.4, -0.2) is 63.4 Å². The van der Waals surface area contributed by atoms with E-state index in [4.69, 9.17) is 26.3 Å². The van der Waals surface area contributed by atoms with Crippen LogP contribution in [0.3, 0.4) is 0 Å². The molecule has 2 aliphatic heterocycles. The fourth-order valence-electron chi connectivity index (χ4n) is 5.18. The molecule has 0 aromatic heterocycles. The number of benzene rings is 2. The van der Waals surface area contributed by atoms with Gasteiger partial charge in [0.05, 0.1) is 35.5 Å². The van der Waals surface area contributed by atoms with E-state index in [0.717, 1.165) is 22.7 Å². The number of fused-ring (bicyclic) bond motifs is 2. The van der Waals surface area contributed by atoms with E-state index in [0.29, 0.717) is 34.1 Å². The number of hydrogen-bond acceptors (Lipinski definition) is 7. The predicted molar refractivity (Wildman–Crippen MR) is 148 cm³/mol. The second-order valence-corrected chi connectivity index (χ2v) is 11.9. The number of rotatable bonds is 10. The summed E-state index contributed by atoms with van der Waals surface area (Å²) in [5.41, 5.74) is 1.56. The van der Waals surface area contributed by atoms with Gasteiger partial charge in [0.1, 0.15) is 11.9 Å². The van der Waals surface area contributed by atoms with Gasteiger partial charge in [-0.3, -0.25) is 9.10 Å². The normalized spacial score (nSPS) is 21.3. The molecular formula is C28H32ClN3O5S. The zero-order chi connectivity index (χ0) is 27.3. The second kappa shape index (κ2) is 12.2. The molecule has 2 aromatic rings. The van der Waals surface area contributed by atoms with Crippen LogP contribution in [0.2, 0.25) is 5.02 Å². The largest absolute Gasteiger partial charge is 0.489 e. The van der Waals surface area contributed by atoms with E-state index in [1.165, 1.54) is 12.8 Å². The zero-order valence-corrected chi connectivity index (χ0v) is 23.1. The summed E-state index contributed by atoms with van der Waals surface area (Å²) in [7, 11) is -1.92. The highest BCUT2D eigenvalue weighted by Gasteiger charge is 2.39. The highest BCUT2D eigenvalue weighted by atomic mass is 35.5. The summed E-state index contributed by atoms with van der Waals surface area (Å²) in [4.78, 5) is 14.5. The van der Waals surface area contributed by atoms with E-state index in [-0.39, 0.29) is 19.3 Å². The van der Waals surface area contributed by atoms with Crippen molar-refractivity contribution in [2.75, 3.05) is 30.3 Å². The third-order valence-electron chi connectivity index (χ3n) is 7.09. The standard InChI is InChI=1S/C28H32ClN3O5S/c1-3-36-28(33)19-38(34,35)32(13-5-8-20-6-4-7-21(14-20)18-30)24-11-12-27(26(29)17-24)37-25-15-22-9-10-23(16-25)31(22)2/h4-8,11-12,14,17,22-23,25H,3,9-10,13,15-16,19H2,1-2H3/b8-5+. The molecule has 2 heterocycles. The lowest BCUT2D eigenvalue weighted by atomic mass is 10.0. The molecule has 0 aliphatic carbocycles. The first-order valence-electron chi connectivity index (χ1n) is 12.7. The van der Waals surface area contributed by atoms with Gasteiger partial charge in [-0.25, -0.2) is 8.42 Å². The first kappa shape index (κ1) is 28.0. The van der Waals surface area contributed by atoms with Crippen LogP contribution in [0.1, 0.15) is 43.7 Å². The Kier molecular flexibility index (Phi) is 8.98. The molecule has 2 bridgehead atoms. The Bertz CT molecular complexity index is 1330. The summed E-state index contributed by atoms with van der Waals surface area (Å²) in [6, 6.07) is 14.9. The number of carbonyl (C=O) groups is 1. The Labute approximate surface area is 229 Å². The van der Waals surface area contributed by atoms with Crippen LogP contribution in [0.25, 0.3) is 6.08 Å². The first-order chi connectivity index (χ1) is 18.2. The number of halogens is 1. The van der Waals surface area contributed by atoms with Crippen LogP contribution in [0.5, 0.6) is 5.75 Å². The maximum atomic E-state index is 13.3. The van der Waals surface area contributed by atoms with Crippen molar-refractivity contribution in [3.05, 3.63) is 64.7 Å². The van der Waals surface area contributed by atoms with Crippen LogP contribution in [0.15, 0.2) is 48.5 Å². The fourth-order valence-corrected chi connectivity index (χ4v) is 6.69. The summed E-state index contributed by atoms with van der Waals surface area (Å²) in [6.45, 7) is 1.65.